The molecule has 0 spiro atoms. The molecule has 2 aliphatic carbocycles. The molecule has 0 N–H and O–H groups in total. The van der Waals surface area contributed by atoms with Crippen molar-refractivity contribution in [1.82, 2.24) is 9.97 Å². The third-order valence-electron chi connectivity index (χ3n) is 5.31. The van der Waals surface area contributed by atoms with Gasteiger partial charge in [-0.3, -0.25) is 0 Å². The summed E-state index contributed by atoms with van der Waals surface area (Å²) in [6, 6.07) is 10.8. The molecule has 1 aromatic carbocycles. The Labute approximate surface area is 145 Å². The van der Waals surface area contributed by atoms with E-state index in [4.69, 9.17) is 9.97 Å². The number of aryl methyl sites for hydroxylation is 1. The number of hydrogen-bond donors (Lipinski definition) is 0. The van der Waals surface area contributed by atoms with Crippen molar-refractivity contribution < 1.29 is 0 Å². The second-order valence-electron chi connectivity index (χ2n) is 7.35. The van der Waals surface area contributed by atoms with Gasteiger partial charge in [0.05, 0.1) is 5.69 Å². The van der Waals surface area contributed by atoms with Gasteiger partial charge in [0.25, 0.3) is 0 Å². The Hall–Kier alpha value is -1.90. The molecule has 1 saturated carbocycles. The number of aromatic nitrogens is 2. The largest absolute Gasteiger partial charge is 0.356 e. The van der Waals surface area contributed by atoms with Gasteiger partial charge < -0.3 is 4.90 Å². The molecule has 3 heteroatoms. The number of nitrogens with zero attached hydrogens (tertiary/aromatic N) is 3. The molecular weight excluding hydrogens is 294 g/mol. The van der Waals surface area contributed by atoms with E-state index in [-0.39, 0.29) is 0 Å². The van der Waals surface area contributed by atoms with Crippen molar-refractivity contribution >= 4 is 5.82 Å². The van der Waals surface area contributed by atoms with Crippen LogP contribution in [0.5, 0.6) is 0 Å². The van der Waals surface area contributed by atoms with E-state index in [2.05, 4.69) is 42.2 Å². The Morgan fingerprint density at radius 3 is 2.58 bits per heavy atom. The molecule has 126 valence electrons. The van der Waals surface area contributed by atoms with E-state index in [0.29, 0.717) is 5.92 Å². The monoisotopic (exact) mass is 321 g/mol. The molecule has 0 radical (unpaired) electrons. The first-order valence-corrected chi connectivity index (χ1v) is 9.43. The molecule has 0 amide bonds. The molecule has 1 atom stereocenters. The number of rotatable bonds is 6. The van der Waals surface area contributed by atoms with Crippen LogP contribution in [0.1, 0.15) is 61.2 Å². The Morgan fingerprint density at radius 1 is 1.08 bits per heavy atom. The first kappa shape index (κ1) is 15.6. The summed E-state index contributed by atoms with van der Waals surface area (Å²) < 4.78 is 0. The average molecular weight is 321 g/mol. The zero-order valence-electron chi connectivity index (χ0n) is 14.8. The van der Waals surface area contributed by atoms with Crippen LogP contribution in [0, 0.1) is 12.8 Å². The minimum absolute atomic E-state index is 0.436. The topological polar surface area (TPSA) is 29.0 Å². The zero-order valence-corrected chi connectivity index (χ0v) is 14.8. The molecule has 0 bridgehead atoms. The van der Waals surface area contributed by atoms with E-state index in [1.54, 1.807) is 0 Å². The lowest BCUT2D eigenvalue weighted by molar-refractivity contribution is 0.691. The van der Waals surface area contributed by atoms with Gasteiger partial charge in [0.15, 0.2) is 0 Å². The normalized spacial score (nSPS) is 19.3. The smallest absolute Gasteiger partial charge is 0.135 e. The highest BCUT2D eigenvalue weighted by Crippen LogP contribution is 2.41. The summed E-state index contributed by atoms with van der Waals surface area (Å²) in [5, 5.41) is 0. The third-order valence-corrected chi connectivity index (χ3v) is 5.31. The van der Waals surface area contributed by atoms with Crippen molar-refractivity contribution in [3.8, 4) is 0 Å². The van der Waals surface area contributed by atoms with E-state index < -0.39 is 0 Å². The fourth-order valence-corrected chi connectivity index (χ4v) is 3.99. The van der Waals surface area contributed by atoms with Crippen LogP contribution >= 0.6 is 0 Å². The molecule has 3 nitrogen and oxygen atoms in total. The van der Waals surface area contributed by atoms with Crippen LogP contribution in [-0.2, 0) is 6.42 Å². The van der Waals surface area contributed by atoms with Gasteiger partial charge >= 0.3 is 0 Å². The van der Waals surface area contributed by atoms with Crippen molar-refractivity contribution in [3.05, 3.63) is 53.0 Å². The Balaban J connectivity index is 1.72. The second kappa shape index (κ2) is 6.54. The lowest BCUT2D eigenvalue weighted by Gasteiger charge is -2.26. The van der Waals surface area contributed by atoms with Gasteiger partial charge in [0.1, 0.15) is 11.6 Å². The SMILES string of the molecule is CCCN(CC1CC1)c1nc(C)nc2c1CCC2c1ccccc1. The van der Waals surface area contributed by atoms with Crippen molar-refractivity contribution in [2.24, 2.45) is 5.92 Å². The fraction of sp³-hybridized carbons (Fsp3) is 0.524. The minimum atomic E-state index is 0.436. The lowest BCUT2D eigenvalue weighted by Crippen LogP contribution is -2.29. The number of benzene rings is 1. The van der Waals surface area contributed by atoms with Gasteiger partial charge in [0, 0.05) is 24.6 Å². The first-order valence-electron chi connectivity index (χ1n) is 9.43. The summed E-state index contributed by atoms with van der Waals surface area (Å²) in [6.07, 6.45) is 6.22. The predicted molar refractivity (Wildman–Crippen MR) is 98.6 cm³/mol. The van der Waals surface area contributed by atoms with Crippen LogP contribution < -0.4 is 4.90 Å². The average Bonchev–Trinajstić information content (AvgIpc) is 3.31. The van der Waals surface area contributed by atoms with E-state index in [1.807, 2.05) is 6.92 Å². The van der Waals surface area contributed by atoms with Crippen LogP contribution in [0.3, 0.4) is 0 Å². The third kappa shape index (κ3) is 3.04. The Bertz CT molecular complexity index is 707. The summed E-state index contributed by atoms with van der Waals surface area (Å²) in [7, 11) is 0. The Kier molecular flexibility index (Phi) is 4.26. The van der Waals surface area contributed by atoms with Crippen LogP contribution in [0.2, 0.25) is 0 Å². The standard InChI is InChI=1S/C21H27N3/c1-3-13-24(14-16-9-10-16)21-19-12-11-18(17-7-5-4-6-8-17)20(19)22-15(2)23-21/h4-8,16,18H,3,9-14H2,1-2H3. The van der Waals surface area contributed by atoms with Crippen molar-refractivity contribution in [1.29, 1.82) is 0 Å². The van der Waals surface area contributed by atoms with Crippen molar-refractivity contribution in [2.75, 3.05) is 18.0 Å². The number of anilines is 1. The summed E-state index contributed by atoms with van der Waals surface area (Å²) in [5.41, 5.74) is 4.08. The van der Waals surface area contributed by atoms with Crippen molar-refractivity contribution in [2.45, 2.75) is 51.9 Å². The highest BCUT2D eigenvalue weighted by molar-refractivity contribution is 5.54. The van der Waals surface area contributed by atoms with E-state index in [0.717, 1.165) is 31.1 Å². The van der Waals surface area contributed by atoms with Gasteiger partial charge in [-0.2, -0.15) is 0 Å². The van der Waals surface area contributed by atoms with E-state index >= 15 is 0 Å². The quantitative estimate of drug-likeness (QED) is 0.785. The maximum Gasteiger partial charge on any atom is 0.135 e. The Morgan fingerprint density at radius 2 is 1.88 bits per heavy atom. The maximum absolute atomic E-state index is 4.89. The van der Waals surface area contributed by atoms with Gasteiger partial charge in [0.2, 0.25) is 0 Å². The molecule has 1 fully saturated rings. The molecule has 2 aliphatic rings. The molecule has 1 heterocycles. The summed E-state index contributed by atoms with van der Waals surface area (Å²) in [6.45, 7) is 6.59. The molecule has 24 heavy (non-hydrogen) atoms. The fourth-order valence-electron chi connectivity index (χ4n) is 3.99. The lowest BCUT2D eigenvalue weighted by atomic mass is 9.97. The zero-order chi connectivity index (χ0) is 16.5. The first-order chi connectivity index (χ1) is 11.8. The van der Waals surface area contributed by atoms with Gasteiger partial charge in [-0.1, -0.05) is 37.3 Å². The molecular formula is C21H27N3. The molecule has 0 saturated heterocycles. The van der Waals surface area contributed by atoms with E-state index in [9.17, 15) is 0 Å². The maximum atomic E-state index is 4.89. The van der Waals surface area contributed by atoms with Gasteiger partial charge in [-0.25, -0.2) is 9.97 Å². The van der Waals surface area contributed by atoms with Crippen LogP contribution in [0.15, 0.2) is 30.3 Å². The number of hydrogen-bond acceptors (Lipinski definition) is 3. The summed E-state index contributed by atoms with van der Waals surface area (Å²) in [4.78, 5) is 12.3. The van der Waals surface area contributed by atoms with Crippen LogP contribution in [-0.4, -0.2) is 23.1 Å². The molecule has 1 unspecified atom stereocenters. The van der Waals surface area contributed by atoms with Crippen LogP contribution in [0.4, 0.5) is 5.82 Å². The number of fused-ring (bicyclic) bond motifs is 1. The van der Waals surface area contributed by atoms with Gasteiger partial charge in [-0.05, 0) is 50.5 Å². The van der Waals surface area contributed by atoms with Gasteiger partial charge in [-0.15, -0.1) is 0 Å². The molecule has 1 aromatic heterocycles. The highest BCUT2D eigenvalue weighted by Gasteiger charge is 2.32. The summed E-state index contributed by atoms with van der Waals surface area (Å²) in [5.74, 6) is 3.47. The predicted octanol–water partition coefficient (Wildman–Crippen LogP) is 4.49. The molecule has 2 aromatic rings. The highest BCUT2D eigenvalue weighted by atomic mass is 15.2. The van der Waals surface area contributed by atoms with Crippen LogP contribution in [0.25, 0.3) is 0 Å². The second-order valence-corrected chi connectivity index (χ2v) is 7.35. The summed E-state index contributed by atoms with van der Waals surface area (Å²) >= 11 is 0. The van der Waals surface area contributed by atoms with E-state index in [1.165, 1.54) is 48.4 Å². The molecule has 4 rings (SSSR count). The van der Waals surface area contributed by atoms with Crippen molar-refractivity contribution in [3.63, 3.8) is 0 Å². The molecule has 0 aliphatic heterocycles. The minimum Gasteiger partial charge on any atom is -0.356 e.